The topological polar surface area (TPSA) is 106 Å². The first kappa shape index (κ1) is 18.4. The fourth-order valence-corrected chi connectivity index (χ4v) is 3.06. The van der Waals surface area contributed by atoms with E-state index >= 15 is 0 Å². The number of carbonyl (C=O) groups is 2. The van der Waals surface area contributed by atoms with Crippen molar-refractivity contribution in [3.05, 3.63) is 65.0 Å². The molecule has 0 fully saturated rings. The van der Waals surface area contributed by atoms with Crippen LogP contribution >= 0.6 is 0 Å². The average molecular weight is 370 g/mol. The highest BCUT2D eigenvalue weighted by Crippen LogP contribution is 2.28. The van der Waals surface area contributed by atoms with Gasteiger partial charge in [-0.05, 0) is 29.3 Å². The number of nitrogens with zero attached hydrogens (tertiary/aromatic N) is 1. The number of hydrogen-bond donors (Lipinski definition) is 3. The molecular formula is C19H19FN4O3. The normalized spacial score (nSPS) is 18.0. The van der Waals surface area contributed by atoms with Gasteiger partial charge in [-0.25, -0.2) is 4.39 Å². The van der Waals surface area contributed by atoms with Crippen LogP contribution in [0.1, 0.15) is 21.5 Å². The zero-order valence-corrected chi connectivity index (χ0v) is 14.7. The molecule has 1 heterocycles. The van der Waals surface area contributed by atoms with Crippen molar-refractivity contribution in [2.24, 2.45) is 10.8 Å². The van der Waals surface area contributed by atoms with Crippen molar-refractivity contribution in [3.63, 3.8) is 0 Å². The summed E-state index contributed by atoms with van der Waals surface area (Å²) < 4.78 is 18.6. The van der Waals surface area contributed by atoms with Gasteiger partial charge in [0.05, 0.1) is 19.2 Å². The molecule has 2 aromatic carbocycles. The summed E-state index contributed by atoms with van der Waals surface area (Å²) in [6.45, 7) is 0.364. The molecule has 4 N–H and O–H groups in total. The molecule has 0 bridgehead atoms. The van der Waals surface area contributed by atoms with Crippen molar-refractivity contribution in [2.45, 2.75) is 12.0 Å². The highest BCUT2D eigenvalue weighted by molar-refractivity contribution is 6.05. The Kier molecular flexibility index (Phi) is 5.07. The SMILES string of the molecule is COc1ccc(F)cc1C(=O)NCc1ccccc1C1(C(N)=O)C=NNC1. The van der Waals surface area contributed by atoms with E-state index in [4.69, 9.17) is 10.5 Å². The first-order valence-corrected chi connectivity index (χ1v) is 8.25. The zero-order valence-electron chi connectivity index (χ0n) is 14.7. The molecule has 1 aliphatic heterocycles. The molecule has 0 spiro atoms. The lowest BCUT2D eigenvalue weighted by molar-refractivity contribution is -0.120. The highest BCUT2D eigenvalue weighted by atomic mass is 19.1. The number of ether oxygens (including phenoxy) is 1. The third-order valence-electron chi connectivity index (χ3n) is 4.52. The Hall–Kier alpha value is -3.42. The van der Waals surface area contributed by atoms with Gasteiger partial charge >= 0.3 is 0 Å². The molecule has 27 heavy (non-hydrogen) atoms. The van der Waals surface area contributed by atoms with Gasteiger partial charge < -0.3 is 21.2 Å². The van der Waals surface area contributed by atoms with Gasteiger partial charge in [-0.15, -0.1) is 0 Å². The van der Waals surface area contributed by atoms with Crippen molar-refractivity contribution in [2.75, 3.05) is 13.7 Å². The van der Waals surface area contributed by atoms with Gasteiger partial charge in [0.15, 0.2) is 0 Å². The predicted octanol–water partition coefficient (Wildman–Crippen LogP) is 1.08. The molecule has 0 radical (unpaired) electrons. The molecular weight excluding hydrogens is 351 g/mol. The number of benzene rings is 2. The minimum absolute atomic E-state index is 0.0868. The number of rotatable bonds is 6. The van der Waals surface area contributed by atoms with Crippen molar-refractivity contribution in [1.82, 2.24) is 10.7 Å². The second-order valence-corrected chi connectivity index (χ2v) is 6.11. The van der Waals surface area contributed by atoms with Crippen LogP contribution in [-0.2, 0) is 16.8 Å². The number of amides is 2. The molecule has 1 unspecified atom stereocenters. The molecule has 2 amide bonds. The first-order valence-electron chi connectivity index (χ1n) is 8.25. The van der Waals surface area contributed by atoms with Crippen molar-refractivity contribution < 1.29 is 18.7 Å². The molecule has 140 valence electrons. The monoisotopic (exact) mass is 370 g/mol. The zero-order chi connectivity index (χ0) is 19.4. The maximum Gasteiger partial charge on any atom is 0.255 e. The van der Waals surface area contributed by atoms with E-state index in [1.165, 1.54) is 25.5 Å². The van der Waals surface area contributed by atoms with Crippen LogP contribution in [0.15, 0.2) is 47.6 Å². The molecule has 0 aliphatic carbocycles. The number of carbonyl (C=O) groups excluding carboxylic acids is 2. The Labute approximate surface area is 155 Å². The highest BCUT2D eigenvalue weighted by Gasteiger charge is 2.41. The van der Waals surface area contributed by atoms with Crippen LogP contribution in [0.3, 0.4) is 0 Å². The van der Waals surface area contributed by atoms with Crippen molar-refractivity contribution >= 4 is 18.0 Å². The van der Waals surface area contributed by atoms with Gasteiger partial charge in [0.1, 0.15) is 17.0 Å². The molecule has 1 aliphatic rings. The fraction of sp³-hybridized carbons (Fsp3) is 0.211. The second-order valence-electron chi connectivity index (χ2n) is 6.11. The van der Waals surface area contributed by atoms with Crippen LogP contribution in [0.2, 0.25) is 0 Å². The summed E-state index contributed by atoms with van der Waals surface area (Å²) in [5, 5.41) is 6.66. The Morgan fingerprint density at radius 2 is 2.11 bits per heavy atom. The average Bonchev–Trinajstić information content (AvgIpc) is 3.17. The third-order valence-corrected chi connectivity index (χ3v) is 4.52. The van der Waals surface area contributed by atoms with Crippen LogP contribution < -0.4 is 21.2 Å². The Balaban J connectivity index is 1.86. The number of nitrogens with one attached hydrogen (secondary N) is 2. The van der Waals surface area contributed by atoms with E-state index in [9.17, 15) is 14.0 Å². The van der Waals surface area contributed by atoms with E-state index in [0.717, 1.165) is 6.07 Å². The molecule has 3 rings (SSSR count). The minimum Gasteiger partial charge on any atom is -0.496 e. The summed E-state index contributed by atoms with van der Waals surface area (Å²) in [7, 11) is 1.41. The van der Waals surface area contributed by atoms with E-state index < -0.39 is 23.0 Å². The predicted molar refractivity (Wildman–Crippen MR) is 97.9 cm³/mol. The van der Waals surface area contributed by atoms with Crippen LogP contribution in [0.5, 0.6) is 5.75 Å². The third kappa shape index (κ3) is 3.46. The Morgan fingerprint density at radius 1 is 1.33 bits per heavy atom. The van der Waals surface area contributed by atoms with Gasteiger partial charge in [0.2, 0.25) is 5.91 Å². The summed E-state index contributed by atoms with van der Waals surface area (Å²) in [5.74, 6) is -1.31. The lowest BCUT2D eigenvalue weighted by atomic mass is 9.79. The largest absolute Gasteiger partial charge is 0.496 e. The molecule has 0 saturated carbocycles. The standard InChI is InChI=1S/C19H19FN4O3/c1-27-16-7-6-13(20)8-14(16)17(25)22-9-12-4-2-3-5-15(12)19(18(21)26)10-23-24-11-19/h2-8,10,24H,9,11H2,1H3,(H2,21,26)(H,22,25). The fourth-order valence-electron chi connectivity index (χ4n) is 3.06. The molecule has 1 atom stereocenters. The molecule has 0 aromatic heterocycles. The number of primary amides is 1. The molecule has 0 saturated heterocycles. The van der Waals surface area contributed by atoms with Crippen molar-refractivity contribution in [3.8, 4) is 5.75 Å². The number of hydrogen-bond acceptors (Lipinski definition) is 5. The van der Waals surface area contributed by atoms with Crippen LogP contribution in [0.4, 0.5) is 4.39 Å². The van der Waals surface area contributed by atoms with Gasteiger partial charge in [-0.2, -0.15) is 5.10 Å². The molecule has 7 nitrogen and oxygen atoms in total. The maximum absolute atomic E-state index is 13.5. The number of halogens is 1. The maximum atomic E-state index is 13.5. The molecule has 8 heteroatoms. The lowest BCUT2D eigenvalue weighted by Crippen LogP contribution is -2.46. The summed E-state index contributed by atoms with van der Waals surface area (Å²) >= 11 is 0. The minimum atomic E-state index is -1.09. The number of methoxy groups -OCH3 is 1. The summed E-state index contributed by atoms with van der Waals surface area (Å²) in [5.41, 5.74) is 8.73. The smallest absolute Gasteiger partial charge is 0.255 e. The Bertz CT molecular complexity index is 916. The number of nitrogens with two attached hydrogens (primary N) is 1. The summed E-state index contributed by atoms with van der Waals surface area (Å²) in [6.07, 6.45) is 1.48. The second kappa shape index (κ2) is 7.45. The van der Waals surface area contributed by atoms with Crippen LogP contribution in [0, 0.1) is 5.82 Å². The van der Waals surface area contributed by atoms with Crippen LogP contribution in [-0.4, -0.2) is 31.7 Å². The van der Waals surface area contributed by atoms with Gasteiger partial charge in [0.25, 0.3) is 5.91 Å². The summed E-state index contributed by atoms with van der Waals surface area (Å²) in [6, 6.07) is 10.9. The Morgan fingerprint density at radius 3 is 2.78 bits per heavy atom. The van der Waals surface area contributed by atoms with E-state index in [1.807, 2.05) is 0 Å². The van der Waals surface area contributed by atoms with Crippen molar-refractivity contribution in [1.29, 1.82) is 0 Å². The van der Waals surface area contributed by atoms with Crippen LogP contribution in [0.25, 0.3) is 0 Å². The molecule has 2 aromatic rings. The summed E-state index contributed by atoms with van der Waals surface area (Å²) in [4.78, 5) is 24.6. The van der Waals surface area contributed by atoms with E-state index in [-0.39, 0.29) is 24.4 Å². The quantitative estimate of drug-likeness (QED) is 0.707. The van der Waals surface area contributed by atoms with E-state index in [0.29, 0.717) is 11.1 Å². The van der Waals surface area contributed by atoms with Gasteiger partial charge in [-0.1, -0.05) is 24.3 Å². The first-order chi connectivity index (χ1) is 13.0. The lowest BCUT2D eigenvalue weighted by Gasteiger charge is -2.25. The number of hydrazone groups is 1. The van der Waals surface area contributed by atoms with Gasteiger partial charge in [-0.3, -0.25) is 9.59 Å². The van der Waals surface area contributed by atoms with E-state index in [2.05, 4.69) is 15.8 Å². The van der Waals surface area contributed by atoms with E-state index in [1.54, 1.807) is 24.3 Å². The van der Waals surface area contributed by atoms with Gasteiger partial charge in [0, 0.05) is 12.8 Å².